The number of hydrogen-bond donors (Lipinski definition) is 4. The predicted molar refractivity (Wildman–Crippen MR) is 234 cm³/mol. The molecule has 0 bridgehead atoms. The van der Waals surface area contributed by atoms with Gasteiger partial charge in [0.1, 0.15) is 12.1 Å². The van der Waals surface area contributed by atoms with Crippen LogP contribution in [0.3, 0.4) is 0 Å². The summed E-state index contributed by atoms with van der Waals surface area (Å²) in [6.07, 6.45) is 0.560. The Bertz CT molecular complexity index is 2020. The van der Waals surface area contributed by atoms with Gasteiger partial charge in [-0.15, -0.1) is 11.3 Å². The van der Waals surface area contributed by atoms with Crippen LogP contribution in [0, 0.1) is 11.3 Å². The maximum absolute atomic E-state index is 14.4. The minimum atomic E-state index is -1.15. The molecule has 14 heteroatoms. The summed E-state index contributed by atoms with van der Waals surface area (Å²) in [5.74, 6) is -0.711. The van der Waals surface area contributed by atoms with E-state index in [1.165, 1.54) is 7.11 Å². The van der Waals surface area contributed by atoms with Crippen molar-refractivity contribution in [3.8, 4) is 11.3 Å². The van der Waals surface area contributed by atoms with Crippen molar-refractivity contribution in [2.75, 3.05) is 20.2 Å². The molecule has 1 aliphatic heterocycles. The number of thiazole rings is 1. The van der Waals surface area contributed by atoms with Crippen LogP contribution >= 0.6 is 11.3 Å². The van der Waals surface area contributed by atoms with E-state index in [2.05, 4.69) is 34.8 Å². The molecule has 322 valence electrons. The number of carbonyl (C=O) groups excluding carboxylic acids is 4. The van der Waals surface area contributed by atoms with E-state index >= 15 is 0 Å². The summed E-state index contributed by atoms with van der Waals surface area (Å²) < 4.78 is 4.83. The molecule has 5 atom stereocenters. The van der Waals surface area contributed by atoms with Gasteiger partial charge >= 0.3 is 12.1 Å². The fourth-order valence-electron chi connectivity index (χ4n) is 7.50. The summed E-state index contributed by atoms with van der Waals surface area (Å²) in [5, 5.41) is 24.1. The monoisotopic (exact) mass is 839 g/mol. The number of nitrogens with zero attached hydrogens (tertiary/aromatic N) is 4. The lowest BCUT2D eigenvalue weighted by Crippen LogP contribution is -2.58. The largest absolute Gasteiger partial charge is 0.453 e. The number of aliphatic hydroxyl groups excluding tert-OH is 1. The van der Waals surface area contributed by atoms with Gasteiger partial charge in [0.25, 0.3) is 0 Å². The molecule has 60 heavy (non-hydrogen) atoms. The number of methoxy groups -OCH3 is 1. The summed E-state index contributed by atoms with van der Waals surface area (Å²) in [4.78, 5) is 67.2. The van der Waals surface area contributed by atoms with Crippen LogP contribution in [0.1, 0.15) is 82.6 Å². The smallest absolute Gasteiger partial charge is 0.407 e. The van der Waals surface area contributed by atoms with Crippen LogP contribution in [-0.4, -0.2) is 99.3 Å². The molecule has 0 saturated carbocycles. The van der Waals surface area contributed by atoms with Crippen molar-refractivity contribution in [1.29, 1.82) is 0 Å². The highest BCUT2D eigenvalue weighted by atomic mass is 32.1. The number of pyridine rings is 1. The number of amides is 5. The Balaban J connectivity index is 1.39. The molecular formula is C46H61N7O6S. The number of ether oxygens (including phenoxy) is 1. The third-order valence-corrected chi connectivity index (χ3v) is 11.9. The molecule has 2 aromatic heterocycles. The predicted octanol–water partition coefficient (Wildman–Crippen LogP) is 6.57. The first kappa shape index (κ1) is 45.7. The highest BCUT2D eigenvalue weighted by molar-refractivity contribution is 7.09. The summed E-state index contributed by atoms with van der Waals surface area (Å²) in [6.45, 7) is 14.8. The molecule has 1 aliphatic rings. The third-order valence-electron chi connectivity index (χ3n) is 10.7. The molecule has 0 radical (unpaired) electrons. The standard InChI is InChI=1S/C46H61N7O6S/c1-29(2)39(53-23-22-52(45(53)58)27-35-28-60-43(49-35)30(3)4)41(55)48-34(24-31-14-10-9-11-15-31)26-38(54)37(50-42(56)40(46(5,6)7)51-44(57)59-8)25-32-17-19-33(20-18-32)36-16-12-13-21-47-36/h9-21,28-30,34,37-40,54H,22-27H2,1-8H3,(H,48,55)(H,50,56)(H,51,57). The number of rotatable bonds is 18. The average molecular weight is 840 g/mol. The van der Waals surface area contributed by atoms with Gasteiger partial charge in [0, 0.05) is 42.2 Å². The molecule has 5 amide bonds. The zero-order valence-corrected chi connectivity index (χ0v) is 36.9. The van der Waals surface area contributed by atoms with Crippen LogP contribution in [0.2, 0.25) is 0 Å². The number of aromatic nitrogens is 2. The number of urea groups is 1. The Morgan fingerprint density at radius 1 is 0.867 bits per heavy atom. The van der Waals surface area contributed by atoms with Gasteiger partial charge in [-0.2, -0.15) is 0 Å². The van der Waals surface area contributed by atoms with Gasteiger partial charge in [-0.3, -0.25) is 14.6 Å². The third kappa shape index (κ3) is 12.4. The lowest BCUT2D eigenvalue weighted by molar-refractivity contribution is -0.129. The Labute approximate surface area is 358 Å². The maximum Gasteiger partial charge on any atom is 0.407 e. The molecule has 1 fully saturated rings. The first-order valence-electron chi connectivity index (χ1n) is 20.7. The average Bonchev–Trinajstić information content (AvgIpc) is 3.83. The van der Waals surface area contributed by atoms with Gasteiger partial charge in [0.2, 0.25) is 11.8 Å². The summed E-state index contributed by atoms with van der Waals surface area (Å²) in [6, 6.07) is 19.8. The summed E-state index contributed by atoms with van der Waals surface area (Å²) >= 11 is 1.59. The molecule has 13 nitrogen and oxygen atoms in total. The second-order valence-corrected chi connectivity index (χ2v) is 18.2. The number of carbonyl (C=O) groups is 4. The van der Waals surface area contributed by atoms with E-state index in [0.29, 0.717) is 32.0 Å². The lowest BCUT2D eigenvalue weighted by Gasteiger charge is -2.34. The first-order chi connectivity index (χ1) is 28.5. The van der Waals surface area contributed by atoms with E-state index in [4.69, 9.17) is 9.72 Å². The Morgan fingerprint density at radius 2 is 1.55 bits per heavy atom. The van der Waals surface area contributed by atoms with Gasteiger partial charge < -0.3 is 35.6 Å². The topological polar surface area (TPSA) is 166 Å². The SMILES string of the molecule is COC(=O)NC(C(=O)NC(Cc1ccc(-c2ccccn2)cc1)C(O)CC(Cc1ccccc1)NC(=O)C(C(C)C)N1CCN(Cc2csc(C(C)C)n2)C1=O)C(C)(C)C. The number of hydrogen-bond acceptors (Lipinski definition) is 9. The number of alkyl carbamates (subject to hydrolysis) is 1. The second-order valence-electron chi connectivity index (χ2n) is 17.3. The molecule has 1 saturated heterocycles. The van der Waals surface area contributed by atoms with Crippen LogP contribution in [-0.2, 0) is 33.7 Å². The van der Waals surface area contributed by atoms with Crippen LogP contribution in [0.5, 0.6) is 0 Å². The fourth-order valence-corrected chi connectivity index (χ4v) is 8.33. The normalized spacial score (nSPS) is 15.7. The van der Waals surface area contributed by atoms with Crippen molar-refractivity contribution in [2.45, 2.75) is 110 Å². The van der Waals surface area contributed by atoms with Crippen LogP contribution in [0.25, 0.3) is 11.3 Å². The highest BCUT2D eigenvalue weighted by Crippen LogP contribution is 2.26. The highest BCUT2D eigenvalue weighted by Gasteiger charge is 2.40. The van der Waals surface area contributed by atoms with Gasteiger partial charge in [0.15, 0.2) is 0 Å². The van der Waals surface area contributed by atoms with E-state index in [0.717, 1.165) is 33.1 Å². The van der Waals surface area contributed by atoms with Crippen LogP contribution in [0.15, 0.2) is 84.4 Å². The molecule has 5 rings (SSSR count). The van der Waals surface area contributed by atoms with Gasteiger partial charge in [-0.1, -0.05) is 109 Å². The quantitative estimate of drug-likeness (QED) is 0.0874. The molecule has 0 aliphatic carbocycles. The van der Waals surface area contributed by atoms with Crippen LogP contribution < -0.4 is 16.0 Å². The first-order valence-corrected chi connectivity index (χ1v) is 21.6. The minimum Gasteiger partial charge on any atom is -0.453 e. The minimum absolute atomic E-state index is 0.0785. The van der Waals surface area contributed by atoms with Gasteiger partial charge in [0.05, 0.1) is 42.2 Å². The summed E-state index contributed by atoms with van der Waals surface area (Å²) in [5.41, 5.74) is 3.67. The molecule has 5 unspecified atom stereocenters. The van der Waals surface area contributed by atoms with E-state index in [9.17, 15) is 24.3 Å². The van der Waals surface area contributed by atoms with Crippen molar-refractivity contribution in [3.05, 3.63) is 106 Å². The second kappa shape index (κ2) is 20.8. The van der Waals surface area contributed by atoms with Crippen molar-refractivity contribution in [2.24, 2.45) is 11.3 Å². The molecule has 4 aromatic rings. The Morgan fingerprint density at radius 3 is 2.15 bits per heavy atom. The molecule has 0 spiro atoms. The molecule has 4 N–H and O–H groups in total. The van der Waals surface area contributed by atoms with Gasteiger partial charge in [-0.25, -0.2) is 14.6 Å². The van der Waals surface area contributed by atoms with E-state index in [-0.39, 0.29) is 30.7 Å². The number of aliphatic hydroxyl groups is 1. The van der Waals surface area contributed by atoms with Crippen molar-refractivity contribution < 1.29 is 29.0 Å². The zero-order valence-electron chi connectivity index (χ0n) is 36.1. The van der Waals surface area contributed by atoms with Crippen molar-refractivity contribution >= 4 is 35.3 Å². The fraction of sp³-hybridized carbons (Fsp3) is 0.478. The van der Waals surface area contributed by atoms with Gasteiger partial charge in [-0.05, 0) is 53.9 Å². The Kier molecular flexibility index (Phi) is 15.8. The molecule has 2 aromatic carbocycles. The van der Waals surface area contributed by atoms with E-state index in [1.807, 2.05) is 113 Å². The molecular weight excluding hydrogens is 779 g/mol. The van der Waals surface area contributed by atoms with Crippen molar-refractivity contribution in [1.82, 2.24) is 35.7 Å². The zero-order chi connectivity index (χ0) is 43.6. The summed E-state index contributed by atoms with van der Waals surface area (Å²) in [7, 11) is 1.24. The van der Waals surface area contributed by atoms with Crippen LogP contribution in [0.4, 0.5) is 9.59 Å². The van der Waals surface area contributed by atoms with Crippen molar-refractivity contribution in [3.63, 3.8) is 0 Å². The molecule has 3 heterocycles. The maximum atomic E-state index is 14.4. The number of benzene rings is 2. The van der Waals surface area contributed by atoms with E-state index in [1.54, 1.807) is 27.3 Å². The lowest BCUT2D eigenvalue weighted by atomic mass is 9.85. The number of nitrogens with one attached hydrogen (secondary N) is 3. The van der Waals surface area contributed by atoms with E-state index < -0.39 is 47.7 Å². The Hall–Kier alpha value is -5.34.